The number of rotatable bonds is 4. The van der Waals surface area contributed by atoms with Gasteiger partial charge in [-0.25, -0.2) is 0 Å². The molecular formula is C22H25BrN2O2. The Morgan fingerprint density at radius 3 is 2.59 bits per heavy atom. The van der Waals surface area contributed by atoms with Gasteiger partial charge in [0.25, 0.3) is 5.91 Å². The van der Waals surface area contributed by atoms with Gasteiger partial charge in [-0.05, 0) is 56.5 Å². The number of piperidine rings is 1. The molecule has 0 aromatic heterocycles. The number of amides is 2. The molecule has 2 aromatic rings. The Hall–Kier alpha value is -2.14. The minimum atomic E-state index is -0.152. The van der Waals surface area contributed by atoms with Crippen LogP contribution in [-0.2, 0) is 11.3 Å². The summed E-state index contributed by atoms with van der Waals surface area (Å²) < 4.78 is 0.997. The van der Waals surface area contributed by atoms with Crippen LogP contribution >= 0.6 is 15.9 Å². The van der Waals surface area contributed by atoms with Crippen molar-refractivity contribution in [3.05, 3.63) is 69.2 Å². The fourth-order valence-electron chi connectivity index (χ4n) is 3.64. The standard InChI is InChI=1S/C22H25BrN2O2/c1-15-9-16(2)11-19(10-15)22(27)25-8-4-6-18(14-25)21(26)24-13-17-5-3-7-20(23)12-17/h3,5,7,9-12,18H,4,6,8,13-14H2,1-2H3,(H,24,26)/t18-/m1/s1. The topological polar surface area (TPSA) is 49.4 Å². The highest BCUT2D eigenvalue weighted by Gasteiger charge is 2.28. The van der Waals surface area contributed by atoms with Crippen LogP contribution in [0.4, 0.5) is 0 Å². The molecule has 1 fully saturated rings. The highest BCUT2D eigenvalue weighted by atomic mass is 79.9. The summed E-state index contributed by atoms with van der Waals surface area (Å²) in [5, 5.41) is 3.02. The molecule has 1 aliphatic heterocycles. The number of likely N-dealkylation sites (tertiary alicyclic amines) is 1. The maximum absolute atomic E-state index is 12.9. The van der Waals surface area contributed by atoms with Crippen LogP contribution in [0.2, 0.25) is 0 Å². The Morgan fingerprint density at radius 2 is 1.89 bits per heavy atom. The summed E-state index contributed by atoms with van der Waals surface area (Å²) in [5.41, 5.74) is 3.93. The molecule has 1 atom stereocenters. The Morgan fingerprint density at radius 1 is 1.15 bits per heavy atom. The van der Waals surface area contributed by atoms with Gasteiger partial charge in [0.05, 0.1) is 5.92 Å². The van der Waals surface area contributed by atoms with Crippen molar-refractivity contribution < 1.29 is 9.59 Å². The van der Waals surface area contributed by atoms with E-state index in [2.05, 4.69) is 27.3 Å². The van der Waals surface area contributed by atoms with Gasteiger partial charge in [-0.3, -0.25) is 9.59 Å². The summed E-state index contributed by atoms with van der Waals surface area (Å²) in [5.74, 6) is -0.111. The number of halogens is 1. The van der Waals surface area contributed by atoms with E-state index in [4.69, 9.17) is 0 Å². The predicted octanol–water partition coefficient (Wildman–Crippen LogP) is 4.23. The van der Waals surface area contributed by atoms with E-state index in [1.54, 1.807) is 0 Å². The van der Waals surface area contributed by atoms with Crippen LogP contribution in [0.15, 0.2) is 46.9 Å². The van der Waals surface area contributed by atoms with Crippen LogP contribution < -0.4 is 5.32 Å². The van der Waals surface area contributed by atoms with Gasteiger partial charge in [0.2, 0.25) is 5.91 Å². The molecule has 3 rings (SSSR count). The van der Waals surface area contributed by atoms with Gasteiger partial charge >= 0.3 is 0 Å². The number of hydrogen-bond donors (Lipinski definition) is 1. The van der Waals surface area contributed by atoms with E-state index in [1.165, 1.54) is 0 Å². The molecular weight excluding hydrogens is 404 g/mol. The summed E-state index contributed by atoms with van der Waals surface area (Å²) in [6, 6.07) is 13.8. The lowest BCUT2D eigenvalue weighted by Gasteiger charge is -2.32. The molecule has 0 bridgehead atoms. The lowest BCUT2D eigenvalue weighted by atomic mass is 9.96. The van der Waals surface area contributed by atoms with Crippen LogP contribution in [0.1, 0.15) is 39.9 Å². The van der Waals surface area contributed by atoms with Gasteiger partial charge in [-0.2, -0.15) is 0 Å². The Balaban J connectivity index is 1.61. The lowest BCUT2D eigenvalue weighted by Crippen LogP contribution is -2.45. The molecule has 0 saturated carbocycles. The number of aryl methyl sites for hydroxylation is 2. The van der Waals surface area contributed by atoms with Crippen molar-refractivity contribution in [2.45, 2.75) is 33.2 Å². The highest BCUT2D eigenvalue weighted by molar-refractivity contribution is 9.10. The molecule has 5 heteroatoms. The number of carbonyl (C=O) groups excluding carboxylic acids is 2. The first-order valence-electron chi connectivity index (χ1n) is 9.32. The largest absolute Gasteiger partial charge is 0.352 e. The summed E-state index contributed by atoms with van der Waals surface area (Å²) in [7, 11) is 0. The smallest absolute Gasteiger partial charge is 0.253 e. The quantitative estimate of drug-likeness (QED) is 0.791. The number of benzene rings is 2. The number of hydrogen-bond acceptors (Lipinski definition) is 2. The molecule has 142 valence electrons. The van der Waals surface area contributed by atoms with Crippen molar-refractivity contribution in [3.63, 3.8) is 0 Å². The molecule has 4 nitrogen and oxygen atoms in total. The van der Waals surface area contributed by atoms with Crippen molar-refractivity contribution in [1.82, 2.24) is 10.2 Å². The van der Waals surface area contributed by atoms with Gasteiger partial charge in [0, 0.05) is 29.7 Å². The van der Waals surface area contributed by atoms with Crippen LogP contribution in [0.25, 0.3) is 0 Å². The molecule has 2 aromatic carbocycles. The summed E-state index contributed by atoms with van der Waals surface area (Å²) in [4.78, 5) is 27.3. The second-order valence-corrected chi connectivity index (χ2v) is 8.23. The van der Waals surface area contributed by atoms with E-state index in [-0.39, 0.29) is 17.7 Å². The Kier molecular flexibility index (Phi) is 6.32. The van der Waals surface area contributed by atoms with Crippen LogP contribution in [0.5, 0.6) is 0 Å². The monoisotopic (exact) mass is 428 g/mol. The molecule has 0 aliphatic carbocycles. The third-order valence-corrected chi connectivity index (χ3v) is 5.40. The van der Waals surface area contributed by atoms with Crippen molar-refractivity contribution in [2.24, 2.45) is 5.92 Å². The molecule has 1 N–H and O–H groups in total. The van der Waals surface area contributed by atoms with E-state index >= 15 is 0 Å². The first-order valence-corrected chi connectivity index (χ1v) is 10.1. The number of carbonyl (C=O) groups is 2. The maximum atomic E-state index is 12.9. The summed E-state index contributed by atoms with van der Waals surface area (Å²) in [6.07, 6.45) is 1.67. The summed E-state index contributed by atoms with van der Waals surface area (Å²) in [6.45, 7) is 5.69. The van der Waals surface area contributed by atoms with E-state index < -0.39 is 0 Å². The van der Waals surface area contributed by atoms with Crippen LogP contribution in [-0.4, -0.2) is 29.8 Å². The molecule has 27 heavy (non-hydrogen) atoms. The normalized spacial score (nSPS) is 16.9. The van der Waals surface area contributed by atoms with Crippen molar-refractivity contribution >= 4 is 27.7 Å². The predicted molar refractivity (Wildman–Crippen MR) is 111 cm³/mol. The van der Waals surface area contributed by atoms with Gasteiger partial charge in [-0.15, -0.1) is 0 Å². The third kappa shape index (κ3) is 5.19. The van der Waals surface area contributed by atoms with E-state index in [0.29, 0.717) is 25.2 Å². The second kappa shape index (κ2) is 8.70. The molecule has 2 amide bonds. The van der Waals surface area contributed by atoms with Crippen molar-refractivity contribution in [2.75, 3.05) is 13.1 Å². The molecule has 1 aliphatic rings. The third-order valence-electron chi connectivity index (χ3n) is 4.90. The minimum Gasteiger partial charge on any atom is -0.352 e. The molecule has 0 radical (unpaired) electrons. The van der Waals surface area contributed by atoms with E-state index in [0.717, 1.165) is 34.0 Å². The molecule has 0 unspecified atom stereocenters. The van der Waals surface area contributed by atoms with Crippen molar-refractivity contribution in [3.8, 4) is 0 Å². The first-order chi connectivity index (χ1) is 12.9. The average molecular weight is 429 g/mol. The zero-order valence-electron chi connectivity index (χ0n) is 15.8. The molecule has 1 heterocycles. The van der Waals surface area contributed by atoms with Crippen molar-refractivity contribution in [1.29, 1.82) is 0 Å². The first kappa shape index (κ1) is 19.6. The van der Waals surface area contributed by atoms with Gasteiger partial charge in [0.15, 0.2) is 0 Å². The minimum absolute atomic E-state index is 0.0197. The zero-order chi connectivity index (χ0) is 19.4. The van der Waals surface area contributed by atoms with Crippen LogP contribution in [0.3, 0.4) is 0 Å². The number of nitrogens with one attached hydrogen (secondary N) is 1. The molecule has 0 spiro atoms. The SMILES string of the molecule is Cc1cc(C)cc(C(=O)N2CCC[C@@H](C(=O)NCc3cccc(Br)c3)C2)c1. The molecule has 1 saturated heterocycles. The van der Waals surface area contributed by atoms with Gasteiger partial charge in [0.1, 0.15) is 0 Å². The van der Waals surface area contributed by atoms with E-state index in [9.17, 15) is 9.59 Å². The fourth-order valence-corrected chi connectivity index (χ4v) is 4.08. The van der Waals surface area contributed by atoms with Crippen LogP contribution in [0, 0.1) is 19.8 Å². The van der Waals surface area contributed by atoms with Gasteiger partial charge < -0.3 is 10.2 Å². The average Bonchev–Trinajstić information content (AvgIpc) is 2.65. The van der Waals surface area contributed by atoms with E-state index in [1.807, 2.05) is 55.1 Å². The Bertz CT molecular complexity index is 830. The maximum Gasteiger partial charge on any atom is 0.253 e. The second-order valence-electron chi connectivity index (χ2n) is 7.31. The zero-order valence-corrected chi connectivity index (χ0v) is 17.4. The lowest BCUT2D eigenvalue weighted by molar-refractivity contribution is -0.126. The summed E-state index contributed by atoms with van der Waals surface area (Å²) >= 11 is 3.44. The Labute approximate surface area is 169 Å². The van der Waals surface area contributed by atoms with Gasteiger partial charge in [-0.1, -0.05) is 45.3 Å². The fraction of sp³-hybridized carbons (Fsp3) is 0.364. The number of nitrogens with zero attached hydrogens (tertiary/aromatic N) is 1. The highest BCUT2D eigenvalue weighted by Crippen LogP contribution is 2.20.